The van der Waals surface area contributed by atoms with Crippen LogP contribution < -0.4 is 0 Å². The minimum absolute atomic E-state index is 0.654. The van der Waals surface area contributed by atoms with E-state index < -0.39 is 0 Å². The monoisotopic (exact) mass is 130 g/mol. The van der Waals surface area contributed by atoms with E-state index in [0.717, 1.165) is 0 Å². The standard InChI is InChI=1S/C10H10/c1-8-4-2-3-5-10(8)9-6-7-9/h2-7,9H,1H3. The molecule has 0 amide bonds. The summed E-state index contributed by atoms with van der Waals surface area (Å²) >= 11 is 0. The summed E-state index contributed by atoms with van der Waals surface area (Å²) in [5.74, 6) is 0.654. The van der Waals surface area contributed by atoms with Crippen LogP contribution in [0, 0.1) is 6.92 Å². The maximum Gasteiger partial charge on any atom is 0.0202 e. The molecule has 2 rings (SSSR count). The molecule has 0 heterocycles. The van der Waals surface area contributed by atoms with Crippen molar-refractivity contribution in [2.24, 2.45) is 0 Å². The van der Waals surface area contributed by atoms with E-state index in [2.05, 4.69) is 43.3 Å². The second-order valence-electron chi connectivity index (χ2n) is 2.77. The second-order valence-corrected chi connectivity index (χ2v) is 2.77. The molecule has 0 radical (unpaired) electrons. The van der Waals surface area contributed by atoms with Gasteiger partial charge in [-0.05, 0) is 18.1 Å². The van der Waals surface area contributed by atoms with Crippen molar-refractivity contribution in [3.8, 4) is 0 Å². The Morgan fingerprint density at radius 1 is 1.10 bits per heavy atom. The van der Waals surface area contributed by atoms with Gasteiger partial charge in [-0.2, -0.15) is 0 Å². The van der Waals surface area contributed by atoms with Crippen molar-refractivity contribution < 1.29 is 0 Å². The Balaban J connectivity index is 2.39. The molecule has 0 fully saturated rings. The van der Waals surface area contributed by atoms with E-state index in [4.69, 9.17) is 0 Å². The van der Waals surface area contributed by atoms with Gasteiger partial charge in [-0.3, -0.25) is 0 Å². The molecule has 10 heavy (non-hydrogen) atoms. The summed E-state index contributed by atoms with van der Waals surface area (Å²) < 4.78 is 0. The van der Waals surface area contributed by atoms with E-state index >= 15 is 0 Å². The fraction of sp³-hybridized carbons (Fsp3) is 0.200. The van der Waals surface area contributed by atoms with Crippen LogP contribution in [0.1, 0.15) is 17.0 Å². The lowest BCUT2D eigenvalue weighted by Crippen LogP contribution is -1.83. The van der Waals surface area contributed by atoms with Crippen LogP contribution in [0.15, 0.2) is 36.4 Å². The molecule has 0 heteroatoms. The maximum absolute atomic E-state index is 2.22. The average molecular weight is 130 g/mol. The van der Waals surface area contributed by atoms with Crippen LogP contribution >= 0.6 is 0 Å². The number of rotatable bonds is 1. The number of allylic oxidation sites excluding steroid dienone is 2. The van der Waals surface area contributed by atoms with Crippen LogP contribution in [0.2, 0.25) is 0 Å². The molecule has 0 N–H and O–H groups in total. The normalized spacial score (nSPS) is 15.7. The molecule has 50 valence electrons. The van der Waals surface area contributed by atoms with E-state index in [1.54, 1.807) is 0 Å². The van der Waals surface area contributed by atoms with Crippen molar-refractivity contribution in [2.45, 2.75) is 12.8 Å². The predicted octanol–water partition coefficient (Wildman–Crippen LogP) is 2.65. The van der Waals surface area contributed by atoms with E-state index in [1.807, 2.05) is 0 Å². The molecule has 0 bridgehead atoms. The van der Waals surface area contributed by atoms with E-state index in [0.29, 0.717) is 5.92 Å². The first-order valence-electron chi connectivity index (χ1n) is 3.62. The largest absolute Gasteiger partial charge is 0.0763 e. The minimum atomic E-state index is 0.654. The van der Waals surface area contributed by atoms with Crippen LogP contribution in [0.25, 0.3) is 0 Å². The summed E-state index contributed by atoms with van der Waals surface area (Å²) in [5, 5.41) is 0. The van der Waals surface area contributed by atoms with Crippen LogP contribution in [-0.4, -0.2) is 0 Å². The zero-order chi connectivity index (χ0) is 6.97. The maximum atomic E-state index is 2.22. The highest BCUT2D eigenvalue weighted by Crippen LogP contribution is 2.31. The van der Waals surface area contributed by atoms with Gasteiger partial charge in [0.2, 0.25) is 0 Å². The Hall–Kier alpha value is -1.04. The Kier molecular flexibility index (Phi) is 1.13. The summed E-state index contributed by atoms with van der Waals surface area (Å²) in [7, 11) is 0. The quantitative estimate of drug-likeness (QED) is 0.513. The van der Waals surface area contributed by atoms with Crippen LogP contribution in [0.3, 0.4) is 0 Å². The smallest absolute Gasteiger partial charge is 0.0202 e. The fourth-order valence-electron chi connectivity index (χ4n) is 1.22. The lowest BCUT2D eigenvalue weighted by Gasteiger charge is -2.01. The number of aryl methyl sites for hydroxylation is 1. The molecule has 0 unspecified atom stereocenters. The van der Waals surface area contributed by atoms with Gasteiger partial charge in [-0.15, -0.1) is 0 Å². The van der Waals surface area contributed by atoms with Crippen molar-refractivity contribution >= 4 is 0 Å². The van der Waals surface area contributed by atoms with Gasteiger partial charge >= 0.3 is 0 Å². The molecule has 0 aliphatic heterocycles. The van der Waals surface area contributed by atoms with Crippen molar-refractivity contribution in [1.82, 2.24) is 0 Å². The molecular weight excluding hydrogens is 120 g/mol. The van der Waals surface area contributed by atoms with Gasteiger partial charge in [0.15, 0.2) is 0 Å². The molecule has 0 atom stereocenters. The molecular formula is C10H10. The van der Waals surface area contributed by atoms with Crippen molar-refractivity contribution in [1.29, 1.82) is 0 Å². The predicted molar refractivity (Wildman–Crippen MR) is 43.1 cm³/mol. The highest BCUT2D eigenvalue weighted by Gasteiger charge is 2.14. The van der Waals surface area contributed by atoms with E-state index in [1.165, 1.54) is 11.1 Å². The minimum Gasteiger partial charge on any atom is -0.0763 e. The van der Waals surface area contributed by atoms with Crippen molar-refractivity contribution in [3.63, 3.8) is 0 Å². The molecule has 0 spiro atoms. The second kappa shape index (κ2) is 1.98. The van der Waals surface area contributed by atoms with Gasteiger partial charge in [0, 0.05) is 5.92 Å². The third kappa shape index (κ3) is 0.860. The topological polar surface area (TPSA) is 0 Å². The van der Waals surface area contributed by atoms with E-state index in [9.17, 15) is 0 Å². The van der Waals surface area contributed by atoms with Gasteiger partial charge in [-0.25, -0.2) is 0 Å². The average Bonchev–Trinajstić information content (AvgIpc) is 2.71. The lowest BCUT2D eigenvalue weighted by atomic mass is 10.0. The molecule has 0 saturated carbocycles. The fourth-order valence-corrected chi connectivity index (χ4v) is 1.22. The van der Waals surface area contributed by atoms with E-state index in [-0.39, 0.29) is 0 Å². The van der Waals surface area contributed by atoms with Gasteiger partial charge in [0.25, 0.3) is 0 Å². The molecule has 1 aromatic carbocycles. The first kappa shape index (κ1) is 5.72. The lowest BCUT2D eigenvalue weighted by molar-refractivity contribution is 1.18. The zero-order valence-electron chi connectivity index (χ0n) is 6.04. The summed E-state index contributed by atoms with van der Waals surface area (Å²) in [4.78, 5) is 0. The molecule has 1 aromatic rings. The first-order chi connectivity index (χ1) is 4.88. The molecule has 0 saturated heterocycles. The molecule has 1 aliphatic carbocycles. The third-order valence-corrected chi connectivity index (χ3v) is 1.93. The SMILES string of the molecule is Cc1ccccc1C1C=C1. The highest BCUT2D eigenvalue weighted by molar-refractivity contribution is 5.41. The Morgan fingerprint density at radius 3 is 2.40 bits per heavy atom. The third-order valence-electron chi connectivity index (χ3n) is 1.93. The summed E-state index contributed by atoms with van der Waals surface area (Å²) in [6.45, 7) is 2.16. The number of hydrogen-bond acceptors (Lipinski definition) is 0. The van der Waals surface area contributed by atoms with Gasteiger partial charge in [0.05, 0.1) is 0 Å². The molecule has 1 aliphatic rings. The molecule has 0 aromatic heterocycles. The number of hydrogen-bond donors (Lipinski definition) is 0. The molecule has 0 nitrogen and oxygen atoms in total. The summed E-state index contributed by atoms with van der Waals surface area (Å²) in [6.07, 6.45) is 4.45. The van der Waals surface area contributed by atoms with Crippen LogP contribution in [-0.2, 0) is 0 Å². The van der Waals surface area contributed by atoms with Crippen LogP contribution in [0.5, 0.6) is 0 Å². The Bertz CT molecular complexity index is 265. The summed E-state index contributed by atoms with van der Waals surface area (Å²) in [6, 6.07) is 8.54. The van der Waals surface area contributed by atoms with Crippen molar-refractivity contribution in [2.75, 3.05) is 0 Å². The zero-order valence-corrected chi connectivity index (χ0v) is 6.04. The Labute approximate surface area is 61.2 Å². The van der Waals surface area contributed by atoms with Crippen molar-refractivity contribution in [3.05, 3.63) is 47.5 Å². The van der Waals surface area contributed by atoms with Gasteiger partial charge < -0.3 is 0 Å². The highest BCUT2D eigenvalue weighted by atomic mass is 14.2. The van der Waals surface area contributed by atoms with Crippen LogP contribution in [0.4, 0.5) is 0 Å². The first-order valence-corrected chi connectivity index (χ1v) is 3.62. The Morgan fingerprint density at radius 2 is 1.80 bits per heavy atom. The van der Waals surface area contributed by atoms with Gasteiger partial charge in [0.1, 0.15) is 0 Å². The number of benzene rings is 1. The summed E-state index contributed by atoms with van der Waals surface area (Å²) in [5.41, 5.74) is 2.86. The van der Waals surface area contributed by atoms with Gasteiger partial charge in [-0.1, -0.05) is 36.4 Å².